The number of nitrogens with one attached hydrogen (secondary N) is 1. The number of hydrogen-bond acceptors (Lipinski definition) is 3. The summed E-state index contributed by atoms with van der Waals surface area (Å²) in [5, 5.41) is 19.2. The van der Waals surface area contributed by atoms with E-state index in [1.54, 1.807) is 0 Å². The summed E-state index contributed by atoms with van der Waals surface area (Å²) in [5.74, 6) is 0.122. The maximum atomic E-state index is 10.1. The van der Waals surface area contributed by atoms with E-state index in [4.69, 9.17) is 11.1 Å². The van der Waals surface area contributed by atoms with Gasteiger partial charge in [-0.2, -0.15) is 5.26 Å². The standard InChI is InChI=1S/C43H61N3.C4H10/c1-8-10-12-14-16-18-24-43(25-19-17-15-13-11-9-2)37-27-31(36-26-32(29-44)39(30(3)4)41(46)40(36)45)20-22-34(37)35-23-21-33(28-38(35)43)42(5,6)7;1-3-4-2/h20-23,26-28,30,41,45H,8-19,24-25,46H2,1-7H3;3-4H2,1-2H3. The summed E-state index contributed by atoms with van der Waals surface area (Å²) in [4.78, 5) is 0. The van der Waals surface area contributed by atoms with Crippen LogP contribution < -0.4 is 5.73 Å². The average molecular weight is 678 g/mol. The van der Waals surface area contributed by atoms with Crippen LogP contribution in [0.15, 0.2) is 53.6 Å². The van der Waals surface area contributed by atoms with Crippen molar-refractivity contribution in [1.82, 2.24) is 0 Å². The SMILES string of the molecule is CCCC.CCCCCCCCC1(CCCCCCCC)c2cc(C3=CC(C#N)=C(C(C)C)C(N)C3=N)ccc2-c2ccc(C(C)(C)C)cc21. The lowest BCUT2D eigenvalue weighted by atomic mass is 9.69. The molecule has 0 radical (unpaired) electrons. The molecule has 3 N–H and O–H groups in total. The molecule has 0 fully saturated rings. The Hall–Kier alpha value is -2.96. The van der Waals surface area contributed by atoms with E-state index in [2.05, 4.69) is 105 Å². The Morgan fingerprint density at radius 2 is 1.24 bits per heavy atom. The van der Waals surface area contributed by atoms with Crippen molar-refractivity contribution in [1.29, 1.82) is 10.7 Å². The minimum atomic E-state index is -0.551. The second-order valence-corrected chi connectivity index (χ2v) is 16.5. The molecule has 2 aromatic carbocycles. The minimum absolute atomic E-state index is 0.0476. The molecule has 1 unspecified atom stereocenters. The van der Waals surface area contributed by atoms with E-state index >= 15 is 0 Å². The van der Waals surface area contributed by atoms with E-state index in [1.165, 1.54) is 118 Å². The Morgan fingerprint density at radius 3 is 1.72 bits per heavy atom. The van der Waals surface area contributed by atoms with Gasteiger partial charge in [-0.25, -0.2) is 0 Å². The third-order valence-corrected chi connectivity index (χ3v) is 11.2. The summed E-state index contributed by atoms with van der Waals surface area (Å²) in [7, 11) is 0. The molecule has 3 nitrogen and oxygen atoms in total. The van der Waals surface area contributed by atoms with Crippen LogP contribution in [0.4, 0.5) is 0 Å². The molecule has 2 aliphatic rings. The molecular weight excluding hydrogens is 607 g/mol. The Kier molecular flexibility index (Phi) is 16.2. The molecule has 0 spiro atoms. The molecule has 0 aromatic heterocycles. The first-order chi connectivity index (χ1) is 23.9. The van der Waals surface area contributed by atoms with Crippen LogP contribution in [-0.2, 0) is 10.8 Å². The van der Waals surface area contributed by atoms with Crippen molar-refractivity contribution >= 4 is 11.3 Å². The molecule has 0 bridgehead atoms. The highest BCUT2D eigenvalue weighted by atomic mass is 14.7. The van der Waals surface area contributed by atoms with Gasteiger partial charge in [0.1, 0.15) is 0 Å². The van der Waals surface area contributed by atoms with Gasteiger partial charge in [0.05, 0.1) is 23.4 Å². The fourth-order valence-corrected chi connectivity index (χ4v) is 8.01. The number of unbranched alkanes of at least 4 members (excludes halogenated alkanes) is 11. The molecule has 0 saturated carbocycles. The molecule has 0 amide bonds. The maximum absolute atomic E-state index is 10.1. The van der Waals surface area contributed by atoms with E-state index in [9.17, 15) is 5.26 Å². The summed E-state index contributed by atoms with van der Waals surface area (Å²) >= 11 is 0. The van der Waals surface area contributed by atoms with Crippen LogP contribution in [0.25, 0.3) is 16.7 Å². The lowest BCUT2D eigenvalue weighted by Crippen LogP contribution is -2.37. The lowest BCUT2D eigenvalue weighted by Gasteiger charge is -2.34. The van der Waals surface area contributed by atoms with Gasteiger partial charge >= 0.3 is 0 Å². The van der Waals surface area contributed by atoms with Gasteiger partial charge in [-0.1, -0.05) is 183 Å². The van der Waals surface area contributed by atoms with E-state index in [0.29, 0.717) is 11.3 Å². The number of allylic oxidation sites excluding steroid dienone is 2. The van der Waals surface area contributed by atoms with Crippen LogP contribution in [0, 0.1) is 22.7 Å². The third-order valence-electron chi connectivity index (χ3n) is 11.2. The second kappa shape index (κ2) is 19.6. The lowest BCUT2D eigenvalue weighted by molar-refractivity contribution is 0.397. The van der Waals surface area contributed by atoms with Crippen LogP contribution in [-0.4, -0.2) is 11.8 Å². The molecule has 2 aromatic rings. The van der Waals surface area contributed by atoms with Crippen molar-refractivity contribution in [2.24, 2.45) is 11.7 Å². The second-order valence-electron chi connectivity index (χ2n) is 16.5. The van der Waals surface area contributed by atoms with Crippen molar-refractivity contribution in [2.45, 2.75) is 182 Å². The number of hydrogen-bond donors (Lipinski definition) is 2. The number of nitriles is 1. The monoisotopic (exact) mass is 678 g/mol. The van der Waals surface area contributed by atoms with Gasteiger partial charge in [0.15, 0.2) is 0 Å². The van der Waals surface area contributed by atoms with E-state index in [1.807, 2.05) is 6.08 Å². The van der Waals surface area contributed by atoms with Crippen LogP contribution in [0.1, 0.15) is 187 Å². The van der Waals surface area contributed by atoms with Crippen molar-refractivity contribution < 1.29 is 0 Å². The van der Waals surface area contributed by atoms with Gasteiger partial charge in [-0.15, -0.1) is 0 Å². The molecule has 274 valence electrons. The fourth-order valence-electron chi connectivity index (χ4n) is 8.01. The Labute approximate surface area is 307 Å². The predicted molar refractivity (Wildman–Crippen MR) is 219 cm³/mol. The van der Waals surface area contributed by atoms with Crippen molar-refractivity contribution in [3.63, 3.8) is 0 Å². The first-order valence-corrected chi connectivity index (χ1v) is 20.4. The number of rotatable bonds is 17. The van der Waals surface area contributed by atoms with Crippen LogP contribution in [0.3, 0.4) is 0 Å². The summed E-state index contributed by atoms with van der Waals surface area (Å²) in [6.45, 7) is 20.1. The smallest absolute Gasteiger partial charge is 0.0992 e. The van der Waals surface area contributed by atoms with Crippen molar-refractivity contribution in [2.75, 3.05) is 0 Å². The van der Waals surface area contributed by atoms with E-state index < -0.39 is 6.04 Å². The molecule has 50 heavy (non-hydrogen) atoms. The van der Waals surface area contributed by atoms with Gasteiger partial charge in [-0.3, -0.25) is 0 Å². The molecule has 0 saturated heterocycles. The van der Waals surface area contributed by atoms with Gasteiger partial charge in [0.2, 0.25) is 0 Å². The zero-order valence-electron chi connectivity index (χ0n) is 33.5. The molecule has 1 atom stereocenters. The number of benzene rings is 2. The first kappa shape index (κ1) is 41.5. The summed E-state index contributed by atoms with van der Waals surface area (Å²) < 4.78 is 0. The van der Waals surface area contributed by atoms with Crippen molar-refractivity contribution in [3.05, 3.63) is 75.9 Å². The molecule has 3 heteroatoms. The molecule has 4 rings (SSSR count). The number of nitrogens with two attached hydrogens (primary N) is 1. The highest BCUT2D eigenvalue weighted by Crippen LogP contribution is 2.55. The van der Waals surface area contributed by atoms with Crippen LogP contribution in [0.5, 0.6) is 0 Å². The first-order valence-electron chi connectivity index (χ1n) is 20.4. The zero-order valence-corrected chi connectivity index (χ0v) is 33.5. The molecule has 0 aliphatic heterocycles. The predicted octanol–water partition coefficient (Wildman–Crippen LogP) is 13.8. The summed E-state index contributed by atoms with van der Waals surface area (Å²) in [6.07, 6.45) is 22.4. The van der Waals surface area contributed by atoms with Crippen molar-refractivity contribution in [3.8, 4) is 17.2 Å². The molecule has 0 heterocycles. The third kappa shape index (κ3) is 9.88. The van der Waals surface area contributed by atoms with Gasteiger partial charge in [0.25, 0.3) is 0 Å². The maximum Gasteiger partial charge on any atom is 0.0992 e. The minimum Gasteiger partial charge on any atom is -0.319 e. The number of nitrogens with zero attached hydrogens (tertiary/aromatic N) is 1. The fraction of sp³-hybridized carbons (Fsp3) is 0.617. The Morgan fingerprint density at radius 1 is 0.740 bits per heavy atom. The van der Waals surface area contributed by atoms with Crippen LogP contribution >= 0.6 is 0 Å². The molecular formula is C47H71N3. The highest BCUT2D eigenvalue weighted by molar-refractivity contribution is 6.27. The normalized spacial score (nSPS) is 16.5. The Bertz CT molecular complexity index is 1490. The summed E-state index contributed by atoms with van der Waals surface area (Å²) in [6, 6.07) is 16.0. The number of fused-ring (bicyclic) bond motifs is 3. The topological polar surface area (TPSA) is 73.7 Å². The largest absolute Gasteiger partial charge is 0.319 e. The molecule has 2 aliphatic carbocycles. The van der Waals surface area contributed by atoms with E-state index in [-0.39, 0.29) is 16.7 Å². The summed E-state index contributed by atoms with van der Waals surface area (Å²) in [5.41, 5.74) is 17.5. The van der Waals surface area contributed by atoms with E-state index in [0.717, 1.165) is 29.6 Å². The average Bonchev–Trinajstić information content (AvgIpc) is 3.36. The quantitative estimate of drug-likeness (QED) is 0.164. The van der Waals surface area contributed by atoms with Gasteiger partial charge in [-0.05, 0) is 75.3 Å². The van der Waals surface area contributed by atoms with Gasteiger partial charge < -0.3 is 11.1 Å². The Balaban J connectivity index is 0.00000160. The highest BCUT2D eigenvalue weighted by Gasteiger charge is 2.43. The van der Waals surface area contributed by atoms with Gasteiger partial charge in [0, 0.05) is 11.0 Å². The van der Waals surface area contributed by atoms with Crippen LogP contribution in [0.2, 0.25) is 0 Å². The zero-order chi connectivity index (χ0) is 36.9.